The molecule has 0 bridgehead atoms. The number of carbonyl (C=O) groups excluding carboxylic acids is 1. The molecule has 1 rings (SSSR count). The molecule has 4 heteroatoms. The van der Waals surface area contributed by atoms with Gasteiger partial charge in [-0.15, -0.1) is 0 Å². The van der Waals surface area contributed by atoms with Crippen LogP contribution in [0.5, 0.6) is 0 Å². The Morgan fingerprint density at radius 3 is 2.50 bits per heavy atom. The highest BCUT2D eigenvalue weighted by molar-refractivity contribution is 5.76. The molecular formula is C14H29N3O. The Balaban J connectivity index is 2.55. The largest absolute Gasteiger partial charge is 0.356 e. The predicted octanol–water partition coefficient (Wildman–Crippen LogP) is 1.49. The summed E-state index contributed by atoms with van der Waals surface area (Å²) < 4.78 is 0. The van der Waals surface area contributed by atoms with Crippen LogP contribution in [-0.4, -0.2) is 42.5 Å². The number of likely N-dealkylation sites (N-methyl/N-ethyl adjacent to an activating group) is 1. The summed E-state index contributed by atoms with van der Waals surface area (Å²) in [4.78, 5) is 14.2. The minimum atomic E-state index is 0.127. The summed E-state index contributed by atoms with van der Waals surface area (Å²) in [5, 5.41) is 2.87. The van der Waals surface area contributed by atoms with E-state index in [2.05, 4.69) is 17.1 Å². The quantitative estimate of drug-likeness (QED) is 0.725. The van der Waals surface area contributed by atoms with Crippen molar-refractivity contribution in [3.8, 4) is 0 Å². The summed E-state index contributed by atoms with van der Waals surface area (Å²) in [6, 6.07) is 0.830. The van der Waals surface area contributed by atoms with E-state index in [1.54, 1.807) is 0 Å². The molecular weight excluding hydrogens is 226 g/mol. The SMILES string of the molecule is CCNC(=O)CC(CN)N(CC)C1CCCCC1. The van der Waals surface area contributed by atoms with Crippen LogP contribution in [0.3, 0.4) is 0 Å². The number of nitrogens with two attached hydrogens (primary N) is 1. The first kappa shape index (κ1) is 15.4. The molecule has 18 heavy (non-hydrogen) atoms. The van der Waals surface area contributed by atoms with Crippen LogP contribution in [0.25, 0.3) is 0 Å². The molecule has 0 spiro atoms. The van der Waals surface area contributed by atoms with Gasteiger partial charge in [-0.1, -0.05) is 26.2 Å². The number of hydrogen-bond acceptors (Lipinski definition) is 3. The van der Waals surface area contributed by atoms with Crippen LogP contribution in [0.2, 0.25) is 0 Å². The molecule has 1 saturated carbocycles. The number of amides is 1. The van der Waals surface area contributed by atoms with Gasteiger partial charge in [0.15, 0.2) is 0 Å². The first-order chi connectivity index (χ1) is 8.72. The van der Waals surface area contributed by atoms with E-state index in [4.69, 9.17) is 5.73 Å². The molecule has 1 aliphatic carbocycles. The zero-order chi connectivity index (χ0) is 13.4. The third-order valence-corrected chi connectivity index (χ3v) is 3.94. The Morgan fingerprint density at radius 1 is 1.33 bits per heavy atom. The van der Waals surface area contributed by atoms with E-state index in [-0.39, 0.29) is 11.9 Å². The van der Waals surface area contributed by atoms with Gasteiger partial charge in [0.05, 0.1) is 0 Å². The van der Waals surface area contributed by atoms with Crippen molar-refractivity contribution in [1.29, 1.82) is 0 Å². The Morgan fingerprint density at radius 2 is 2.00 bits per heavy atom. The number of rotatable bonds is 7. The van der Waals surface area contributed by atoms with Gasteiger partial charge in [0.2, 0.25) is 5.91 Å². The van der Waals surface area contributed by atoms with Crippen molar-refractivity contribution in [2.24, 2.45) is 5.73 Å². The highest BCUT2D eigenvalue weighted by Crippen LogP contribution is 2.24. The number of nitrogens with zero attached hydrogens (tertiary/aromatic N) is 1. The van der Waals surface area contributed by atoms with Crippen LogP contribution in [0.1, 0.15) is 52.4 Å². The lowest BCUT2D eigenvalue weighted by Crippen LogP contribution is -2.49. The van der Waals surface area contributed by atoms with Crippen molar-refractivity contribution in [2.45, 2.75) is 64.5 Å². The monoisotopic (exact) mass is 255 g/mol. The van der Waals surface area contributed by atoms with E-state index in [0.29, 0.717) is 25.6 Å². The zero-order valence-corrected chi connectivity index (χ0v) is 12.0. The standard InChI is InChI=1S/C14H29N3O/c1-3-16-14(18)10-13(11-15)17(4-2)12-8-6-5-7-9-12/h12-13H,3-11,15H2,1-2H3,(H,16,18). The van der Waals surface area contributed by atoms with Crippen molar-refractivity contribution in [3.05, 3.63) is 0 Å². The minimum Gasteiger partial charge on any atom is -0.356 e. The molecule has 1 amide bonds. The minimum absolute atomic E-state index is 0.127. The second-order valence-corrected chi connectivity index (χ2v) is 5.17. The average molecular weight is 255 g/mol. The molecule has 0 heterocycles. The fourth-order valence-electron chi connectivity index (χ4n) is 3.05. The van der Waals surface area contributed by atoms with Crippen LogP contribution in [0, 0.1) is 0 Å². The Bertz CT molecular complexity index is 239. The molecule has 0 aromatic carbocycles. The van der Waals surface area contributed by atoms with E-state index < -0.39 is 0 Å². The van der Waals surface area contributed by atoms with Crippen molar-refractivity contribution < 1.29 is 4.79 Å². The lowest BCUT2D eigenvalue weighted by atomic mass is 9.92. The summed E-state index contributed by atoms with van der Waals surface area (Å²) in [6.45, 7) is 6.39. The summed E-state index contributed by atoms with van der Waals surface area (Å²) in [5.74, 6) is 0.127. The number of nitrogens with one attached hydrogen (secondary N) is 1. The summed E-state index contributed by atoms with van der Waals surface area (Å²) in [5.41, 5.74) is 5.88. The molecule has 0 aromatic rings. The van der Waals surface area contributed by atoms with Gasteiger partial charge in [-0.05, 0) is 26.3 Å². The second-order valence-electron chi connectivity index (χ2n) is 5.17. The van der Waals surface area contributed by atoms with Gasteiger partial charge < -0.3 is 11.1 Å². The first-order valence-corrected chi connectivity index (χ1v) is 7.45. The van der Waals surface area contributed by atoms with Gasteiger partial charge in [-0.2, -0.15) is 0 Å². The molecule has 106 valence electrons. The molecule has 0 aliphatic heterocycles. The Kier molecular flexibility index (Phi) is 7.28. The molecule has 1 atom stereocenters. The molecule has 1 aliphatic rings. The van der Waals surface area contributed by atoms with Crippen molar-refractivity contribution in [1.82, 2.24) is 10.2 Å². The van der Waals surface area contributed by atoms with Crippen molar-refractivity contribution >= 4 is 5.91 Å². The molecule has 0 radical (unpaired) electrons. The average Bonchev–Trinajstić information content (AvgIpc) is 2.40. The highest BCUT2D eigenvalue weighted by Gasteiger charge is 2.26. The van der Waals surface area contributed by atoms with Gasteiger partial charge >= 0.3 is 0 Å². The summed E-state index contributed by atoms with van der Waals surface area (Å²) in [6.07, 6.45) is 7.06. The van der Waals surface area contributed by atoms with Gasteiger partial charge in [-0.3, -0.25) is 9.69 Å². The molecule has 3 N–H and O–H groups in total. The van der Waals surface area contributed by atoms with Gasteiger partial charge in [-0.25, -0.2) is 0 Å². The lowest BCUT2D eigenvalue weighted by Gasteiger charge is -2.38. The van der Waals surface area contributed by atoms with Crippen molar-refractivity contribution in [2.75, 3.05) is 19.6 Å². The topological polar surface area (TPSA) is 58.4 Å². The van der Waals surface area contributed by atoms with Crippen LogP contribution in [-0.2, 0) is 4.79 Å². The van der Waals surface area contributed by atoms with Crippen molar-refractivity contribution in [3.63, 3.8) is 0 Å². The van der Waals surface area contributed by atoms with Crippen LogP contribution >= 0.6 is 0 Å². The number of carbonyl (C=O) groups is 1. The summed E-state index contributed by atoms with van der Waals surface area (Å²) >= 11 is 0. The van der Waals surface area contributed by atoms with E-state index in [1.807, 2.05) is 6.92 Å². The predicted molar refractivity (Wildman–Crippen MR) is 75.4 cm³/mol. The fraction of sp³-hybridized carbons (Fsp3) is 0.929. The van der Waals surface area contributed by atoms with E-state index in [9.17, 15) is 4.79 Å². The van der Waals surface area contributed by atoms with E-state index in [0.717, 1.165) is 6.54 Å². The molecule has 0 saturated heterocycles. The maximum Gasteiger partial charge on any atom is 0.221 e. The van der Waals surface area contributed by atoms with Gasteiger partial charge in [0, 0.05) is 31.6 Å². The molecule has 4 nitrogen and oxygen atoms in total. The van der Waals surface area contributed by atoms with Crippen LogP contribution < -0.4 is 11.1 Å². The second kappa shape index (κ2) is 8.48. The maximum absolute atomic E-state index is 11.7. The third kappa shape index (κ3) is 4.58. The molecule has 1 fully saturated rings. The Labute approximate surface area is 111 Å². The molecule has 1 unspecified atom stereocenters. The Hall–Kier alpha value is -0.610. The molecule has 0 aromatic heterocycles. The normalized spacial score (nSPS) is 18.9. The number of hydrogen-bond donors (Lipinski definition) is 2. The van der Waals surface area contributed by atoms with E-state index >= 15 is 0 Å². The summed E-state index contributed by atoms with van der Waals surface area (Å²) in [7, 11) is 0. The fourth-order valence-corrected chi connectivity index (χ4v) is 3.05. The van der Waals surface area contributed by atoms with E-state index in [1.165, 1.54) is 32.1 Å². The lowest BCUT2D eigenvalue weighted by molar-refractivity contribution is -0.122. The zero-order valence-electron chi connectivity index (χ0n) is 12.0. The first-order valence-electron chi connectivity index (χ1n) is 7.45. The van der Waals surface area contributed by atoms with Gasteiger partial charge in [0.1, 0.15) is 0 Å². The third-order valence-electron chi connectivity index (χ3n) is 3.94. The maximum atomic E-state index is 11.7. The van der Waals surface area contributed by atoms with Crippen LogP contribution in [0.15, 0.2) is 0 Å². The smallest absolute Gasteiger partial charge is 0.221 e. The highest BCUT2D eigenvalue weighted by atomic mass is 16.1. The van der Waals surface area contributed by atoms with Crippen LogP contribution in [0.4, 0.5) is 0 Å². The van der Waals surface area contributed by atoms with Gasteiger partial charge in [0.25, 0.3) is 0 Å².